The van der Waals surface area contributed by atoms with Gasteiger partial charge in [-0.25, -0.2) is 0 Å². The summed E-state index contributed by atoms with van der Waals surface area (Å²) in [6.07, 6.45) is 1.15. The quantitative estimate of drug-likeness (QED) is 0.657. The molecule has 0 heterocycles. The van der Waals surface area contributed by atoms with E-state index >= 15 is 0 Å². The lowest BCUT2D eigenvalue weighted by molar-refractivity contribution is 0.531. The Morgan fingerprint density at radius 3 is 2.06 bits per heavy atom. The van der Waals surface area contributed by atoms with Crippen molar-refractivity contribution in [3.05, 3.63) is 34.9 Å². The van der Waals surface area contributed by atoms with Gasteiger partial charge in [0.2, 0.25) is 0 Å². The van der Waals surface area contributed by atoms with Gasteiger partial charge in [-0.15, -0.1) is 0 Å². The van der Waals surface area contributed by atoms with Crippen LogP contribution in [0.4, 0.5) is 0 Å². The third kappa shape index (κ3) is 2.87. The van der Waals surface area contributed by atoms with Crippen LogP contribution in [-0.2, 0) is 6.42 Å². The van der Waals surface area contributed by atoms with Crippen molar-refractivity contribution in [2.24, 2.45) is 5.92 Å². The Bertz CT molecular complexity index is 334. The number of rotatable bonds is 4. The standard InChI is InChI=1S/C16H26/c1-7-14-10-15(12(4)5)8-9-16(14)13(6)11(2)3/h8-13H,7H2,1-6H3. The van der Waals surface area contributed by atoms with Crippen LogP contribution in [0.1, 0.15) is 70.1 Å². The highest BCUT2D eigenvalue weighted by Gasteiger charge is 2.14. The fraction of sp³-hybridized carbons (Fsp3) is 0.625. The van der Waals surface area contributed by atoms with Crippen LogP contribution in [0.15, 0.2) is 18.2 Å². The SMILES string of the molecule is CCc1cc(C(C)C)ccc1C(C)C(C)C. The number of aryl methyl sites for hydroxylation is 1. The van der Waals surface area contributed by atoms with E-state index in [9.17, 15) is 0 Å². The zero-order valence-corrected chi connectivity index (χ0v) is 11.7. The summed E-state index contributed by atoms with van der Waals surface area (Å²) < 4.78 is 0. The number of benzene rings is 1. The Morgan fingerprint density at radius 2 is 1.62 bits per heavy atom. The largest absolute Gasteiger partial charge is 0.0622 e. The van der Waals surface area contributed by atoms with Gasteiger partial charge in [-0.1, -0.05) is 59.7 Å². The molecule has 0 amide bonds. The molecule has 1 aromatic rings. The molecule has 0 aliphatic carbocycles. The fourth-order valence-corrected chi connectivity index (χ4v) is 2.09. The highest BCUT2D eigenvalue weighted by atomic mass is 14.2. The van der Waals surface area contributed by atoms with Gasteiger partial charge in [-0.2, -0.15) is 0 Å². The lowest BCUT2D eigenvalue weighted by Crippen LogP contribution is -2.06. The summed E-state index contributed by atoms with van der Waals surface area (Å²) in [5.41, 5.74) is 4.55. The predicted octanol–water partition coefficient (Wildman–Crippen LogP) is 5.13. The molecule has 90 valence electrons. The molecule has 0 N–H and O–H groups in total. The number of hydrogen-bond acceptors (Lipinski definition) is 0. The molecule has 0 aromatic heterocycles. The first kappa shape index (κ1) is 13.3. The van der Waals surface area contributed by atoms with Crippen LogP contribution in [-0.4, -0.2) is 0 Å². The normalized spacial score (nSPS) is 13.5. The number of hydrogen-bond donors (Lipinski definition) is 0. The first-order chi connectivity index (χ1) is 7.47. The Morgan fingerprint density at radius 1 is 1.00 bits per heavy atom. The average Bonchev–Trinajstić information content (AvgIpc) is 2.26. The van der Waals surface area contributed by atoms with Gasteiger partial charge in [0, 0.05) is 0 Å². The van der Waals surface area contributed by atoms with Crippen molar-refractivity contribution in [3.8, 4) is 0 Å². The van der Waals surface area contributed by atoms with Crippen molar-refractivity contribution < 1.29 is 0 Å². The first-order valence-corrected chi connectivity index (χ1v) is 6.60. The minimum atomic E-state index is 0.633. The molecule has 0 nitrogen and oxygen atoms in total. The van der Waals surface area contributed by atoms with E-state index in [1.165, 1.54) is 11.1 Å². The van der Waals surface area contributed by atoms with Crippen LogP contribution in [0, 0.1) is 5.92 Å². The molecule has 1 atom stereocenters. The molecule has 0 aliphatic heterocycles. The molecule has 0 radical (unpaired) electrons. The highest BCUT2D eigenvalue weighted by Crippen LogP contribution is 2.29. The Balaban J connectivity index is 3.11. The Hall–Kier alpha value is -0.780. The smallest absolute Gasteiger partial charge is 0.0165 e. The van der Waals surface area contributed by atoms with Gasteiger partial charge in [0.1, 0.15) is 0 Å². The molecular formula is C16H26. The van der Waals surface area contributed by atoms with E-state index in [4.69, 9.17) is 0 Å². The molecule has 0 fully saturated rings. The van der Waals surface area contributed by atoms with E-state index in [0.717, 1.165) is 12.3 Å². The molecule has 1 rings (SSSR count). The lowest BCUT2D eigenvalue weighted by Gasteiger charge is -2.21. The second-order valence-electron chi connectivity index (χ2n) is 5.50. The van der Waals surface area contributed by atoms with E-state index in [1.54, 1.807) is 5.56 Å². The molecule has 0 saturated heterocycles. The molecule has 0 heteroatoms. The zero-order valence-electron chi connectivity index (χ0n) is 11.7. The van der Waals surface area contributed by atoms with Gasteiger partial charge in [0.05, 0.1) is 0 Å². The van der Waals surface area contributed by atoms with Gasteiger partial charge in [-0.3, -0.25) is 0 Å². The fourth-order valence-electron chi connectivity index (χ4n) is 2.09. The lowest BCUT2D eigenvalue weighted by atomic mass is 9.85. The van der Waals surface area contributed by atoms with Crippen molar-refractivity contribution in [2.75, 3.05) is 0 Å². The summed E-state index contributed by atoms with van der Waals surface area (Å²) in [4.78, 5) is 0. The maximum Gasteiger partial charge on any atom is -0.0165 e. The third-order valence-electron chi connectivity index (χ3n) is 3.71. The Labute approximate surface area is 101 Å². The van der Waals surface area contributed by atoms with Gasteiger partial charge in [0.15, 0.2) is 0 Å². The molecule has 0 saturated carbocycles. The average molecular weight is 218 g/mol. The second kappa shape index (κ2) is 5.52. The first-order valence-electron chi connectivity index (χ1n) is 6.60. The van der Waals surface area contributed by atoms with E-state index < -0.39 is 0 Å². The van der Waals surface area contributed by atoms with Crippen LogP contribution in [0.3, 0.4) is 0 Å². The maximum absolute atomic E-state index is 2.40. The Kier molecular flexibility index (Phi) is 4.58. The van der Waals surface area contributed by atoms with E-state index in [-0.39, 0.29) is 0 Å². The van der Waals surface area contributed by atoms with Crippen LogP contribution >= 0.6 is 0 Å². The van der Waals surface area contributed by atoms with Crippen LogP contribution in [0.5, 0.6) is 0 Å². The van der Waals surface area contributed by atoms with Crippen molar-refractivity contribution >= 4 is 0 Å². The summed E-state index contributed by atoms with van der Waals surface area (Å²) in [5.74, 6) is 2.01. The summed E-state index contributed by atoms with van der Waals surface area (Å²) in [6.45, 7) is 13.7. The van der Waals surface area contributed by atoms with Crippen LogP contribution in [0.2, 0.25) is 0 Å². The minimum absolute atomic E-state index is 0.633. The van der Waals surface area contributed by atoms with Gasteiger partial charge in [0.25, 0.3) is 0 Å². The van der Waals surface area contributed by atoms with Gasteiger partial charge in [-0.05, 0) is 40.9 Å². The molecule has 16 heavy (non-hydrogen) atoms. The topological polar surface area (TPSA) is 0 Å². The summed E-state index contributed by atoms with van der Waals surface area (Å²) in [7, 11) is 0. The molecule has 1 unspecified atom stereocenters. The molecule has 0 aliphatic rings. The maximum atomic E-state index is 2.40. The van der Waals surface area contributed by atoms with Crippen molar-refractivity contribution in [3.63, 3.8) is 0 Å². The van der Waals surface area contributed by atoms with Crippen molar-refractivity contribution in [2.45, 2.75) is 59.8 Å². The second-order valence-corrected chi connectivity index (χ2v) is 5.50. The molecule has 0 bridgehead atoms. The van der Waals surface area contributed by atoms with Gasteiger partial charge < -0.3 is 0 Å². The molecule has 1 aromatic carbocycles. The predicted molar refractivity (Wildman–Crippen MR) is 73.2 cm³/mol. The van der Waals surface area contributed by atoms with Gasteiger partial charge >= 0.3 is 0 Å². The molecular weight excluding hydrogens is 192 g/mol. The summed E-state index contributed by atoms with van der Waals surface area (Å²) in [5, 5.41) is 0. The summed E-state index contributed by atoms with van der Waals surface area (Å²) >= 11 is 0. The van der Waals surface area contributed by atoms with Crippen molar-refractivity contribution in [1.82, 2.24) is 0 Å². The van der Waals surface area contributed by atoms with Crippen LogP contribution in [0.25, 0.3) is 0 Å². The van der Waals surface area contributed by atoms with E-state index in [1.807, 2.05) is 0 Å². The van der Waals surface area contributed by atoms with E-state index in [2.05, 4.69) is 59.7 Å². The third-order valence-corrected chi connectivity index (χ3v) is 3.71. The minimum Gasteiger partial charge on any atom is -0.0622 e. The van der Waals surface area contributed by atoms with Crippen molar-refractivity contribution in [1.29, 1.82) is 0 Å². The zero-order chi connectivity index (χ0) is 12.3. The summed E-state index contributed by atoms with van der Waals surface area (Å²) in [6, 6.07) is 7.05. The highest BCUT2D eigenvalue weighted by molar-refractivity contribution is 5.35. The van der Waals surface area contributed by atoms with E-state index in [0.29, 0.717) is 11.8 Å². The monoisotopic (exact) mass is 218 g/mol. The molecule has 0 spiro atoms. The van der Waals surface area contributed by atoms with Crippen LogP contribution < -0.4 is 0 Å².